The van der Waals surface area contributed by atoms with Crippen LogP contribution in [0.5, 0.6) is 0 Å². The maximum atomic E-state index is 2.34. The fourth-order valence-corrected chi connectivity index (χ4v) is 2.89. The molecule has 0 heterocycles. The van der Waals surface area contributed by atoms with Crippen LogP contribution >= 0.6 is 0 Å². The smallest absolute Gasteiger partial charge is 0.00608 e. The van der Waals surface area contributed by atoms with Crippen LogP contribution in [0.1, 0.15) is 110 Å². The minimum atomic E-state index is 0.752. The van der Waals surface area contributed by atoms with Crippen LogP contribution in [0.3, 0.4) is 0 Å². The summed E-state index contributed by atoms with van der Waals surface area (Å²) in [6.07, 6.45) is 21.7. The average Bonchev–Trinajstić information content (AvgIpc) is 2.47. The second-order valence-corrected chi connectivity index (χ2v) is 7.20. The standard InChI is InChI=1S/C20H43N/c1-5-6-7-8-9-10-11-12-13-14-15-16-17-18-19-20(2)21(3)4/h20H,5-19H2,1-4H3/t20-/m1/s1. The Balaban J connectivity index is 3.03. The van der Waals surface area contributed by atoms with Gasteiger partial charge in [0.15, 0.2) is 0 Å². The van der Waals surface area contributed by atoms with Gasteiger partial charge in [-0.25, -0.2) is 0 Å². The molecule has 0 aliphatic carbocycles. The van der Waals surface area contributed by atoms with Gasteiger partial charge in [-0.15, -0.1) is 0 Å². The van der Waals surface area contributed by atoms with Gasteiger partial charge in [0.05, 0.1) is 0 Å². The maximum absolute atomic E-state index is 2.34. The first-order valence-electron chi connectivity index (χ1n) is 9.85. The van der Waals surface area contributed by atoms with Gasteiger partial charge in [0.1, 0.15) is 0 Å². The summed E-state index contributed by atoms with van der Waals surface area (Å²) in [6, 6.07) is 0.752. The Labute approximate surface area is 135 Å². The van der Waals surface area contributed by atoms with E-state index in [-0.39, 0.29) is 0 Å². The van der Waals surface area contributed by atoms with Crippen molar-refractivity contribution >= 4 is 0 Å². The Kier molecular flexibility index (Phi) is 16.3. The van der Waals surface area contributed by atoms with Gasteiger partial charge in [0, 0.05) is 6.04 Å². The first-order valence-corrected chi connectivity index (χ1v) is 9.85. The fraction of sp³-hybridized carbons (Fsp3) is 1.00. The van der Waals surface area contributed by atoms with Crippen molar-refractivity contribution in [2.24, 2.45) is 0 Å². The molecule has 0 saturated heterocycles. The predicted molar refractivity (Wildman–Crippen MR) is 98.1 cm³/mol. The lowest BCUT2D eigenvalue weighted by atomic mass is 10.0. The third kappa shape index (κ3) is 16.2. The lowest BCUT2D eigenvalue weighted by Gasteiger charge is -2.19. The molecule has 0 aromatic rings. The van der Waals surface area contributed by atoms with E-state index in [1.165, 1.54) is 96.3 Å². The van der Waals surface area contributed by atoms with Crippen molar-refractivity contribution in [2.75, 3.05) is 14.1 Å². The monoisotopic (exact) mass is 297 g/mol. The molecule has 0 spiro atoms. The Hall–Kier alpha value is -0.0400. The van der Waals surface area contributed by atoms with Crippen molar-refractivity contribution < 1.29 is 0 Å². The van der Waals surface area contributed by atoms with Crippen LogP contribution in [0.2, 0.25) is 0 Å². The molecule has 0 aliphatic rings. The van der Waals surface area contributed by atoms with E-state index in [1.807, 2.05) is 0 Å². The zero-order valence-electron chi connectivity index (χ0n) is 15.6. The van der Waals surface area contributed by atoms with E-state index in [0.29, 0.717) is 0 Å². The van der Waals surface area contributed by atoms with Crippen LogP contribution in [0, 0.1) is 0 Å². The van der Waals surface area contributed by atoms with Crippen molar-refractivity contribution in [1.29, 1.82) is 0 Å². The Morgan fingerprint density at radius 2 is 0.905 bits per heavy atom. The first-order chi connectivity index (χ1) is 10.2. The van der Waals surface area contributed by atoms with Crippen LogP contribution < -0.4 is 0 Å². The van der Waals surface area contributed by atoms with E-state index in [9.17, 15) is 0 Å². The molecule has 0 unspecified atom stereocenters. The second-order valence-electron chi connectivity index (χ2n) is 7.20. The average molecular weight is 298 g/mol. The minimum absolute atomic E-state index is 0.752. The number of nitrogens with zero attached hydrogens (tertiary/aromatic N) is 1. The van der Waals surface area contributed by atoms with E-state index in [1.54, 1.807) is 0 Å². The molecule has 1 heteroatoms. The molecule has 1 atom stereocenters. The van der Waals surface area contributed by atoms with Gasteiger partial charge < -0.3 is 4.90 Å². The summed E-state index contributed by atoms with van der Waals surface area (Å²) in [5.74, 6) is 0. The van der Waals surface area contributed by atoms with Crippen molar-refractivity contribution in [3.05, 3.63) is 0 Å². The SMILES string of the molecule is CCCCCCCCCCCCCCCC[C@@H](C)N(C)C. The predicted octanol–water partition coefficient (Wildman–Crippen LogP) is 6.81. The Bertz CT molecular complexity index is 188. The summed E-state index contributed by atoms with van der Waals surface area (Å²) in [4.78, 5) is 2.34. The van der Waals surface area contributed by atoms with E-state index < -0.39 is 0 Å². The molecule has 0 saturated carbocycles. The highest BCUT2D eigenvalue weighted by Gasteiger charge is 2.02. The number of unbranched alkanes of at least 4 members (excludes halogenated alkanes) is 13. The Morgan fingerprint density at radius 1 is 0.571 bits per heavy atom. The van der Waals surface area contributed by atoms with Gasteiger partial charge in [0.25, 0.3) is 0 Å². The topological polar surface area (TPSA) is 3.24 Å². The van der Waals surface area contributed by atoms with Crippen molar-refractivity contribution in [3.63, 3.8) is 0 Å². The van der Waals surface area contributed by atoms with E-state index >= 15 is 0 Å². The molecular weight excluding hydrogens is 254 g/mol. The van der Waals surface area contributed by atoms with Crippen LogP contribution in [0.4, 0.5) is 0 Å². The Morgan fingerprint density at radius 3 is 1.24 bits per heavy atom. The molecule has 128 valence electrons. The number of hydrogen-bond acceptors (Lipinski definition) is 1. The summed E-state index contributed by atoms with van der Waals surface area (Å²) in [5.41, 5.74) is 0. The quantitative estimate of drug-likeness (QED) is 0.283. The molecule has 0 radical (unpaired) electrons. The van der Waals surface area contributed by atoms with E-state index in [2.05, 4.69) is 32.8 Å². The third-order valence-electron chi connectivity index (χ3n) is 4.86. The summed E-state index contributed by atoms with van der Waals surface area (Å²) >= 11 is 0. The highest BCUT2D eigenvalue weighted by Crippen LogP contribution is 2.14. The summed E-state index contributed by atoms with van der Waals surface area (Å²) in [7, 11) is 4.38. The van der Waals surface area contributed by atoms with Crippen LogP contribution in [0.15, 0.2) is 0 Å². The lowest BCUT2D eigenvalue weighted by Crippen LogP contribution is -2.24. The van der Waals surface area contributed by atoms with Gasteiger partial charge >= 0.3 is 0 Å². The summed E-state index contributed by atoms with van der Waals surface area (Å²) < 4.78 is 0. The van der Waals surface area contributed by atoms with Gasteiger partial charge in [-0.1, -0.05) is 96.8 Å². The summed E-state index contributed by atoms with van der Waals surface area (Å²) in [5, 5.41) is 0. The largest absolute Gasteiger partial charge is 0.307 e. The van der Waals surface area contributed by atoms with Crippen LogP contribution in [-0.4, -0.2) is 25.0 Å². The molecule has 21 heavy (non-hydrogen) atoms. The molecule has 0 N–H and O–H groups in total. The zero-order valence-corrected chi connectivity index (χ0v) is 15.6. The van der Waals surface area contributed by atoms with E-state index in [4.69, 9.17) is 0 Å². The minimum Gasteiger partial charge on any atom is -0.307 e. The number of rotatable bonds is 16. The third-order valence-corrected chi connectivity index (χ3v) is 4.86. The highest BCUT2D eigenvalue weighted by molar-refractivity contribution is 4.59. The summed E-state index contributed by atoms with van der Waals surface area (Å²) in [6.45, 7) is 4.63. The molecule has 1 nitrogen and oxygen atoms in total. The van der Waals surface area contributed by atoms with Crippen molar-refractivity contribution in [3.8, 4) is 0 Å². The molecule has 0 bridgehead atoms. The second kappa shape index (κ2) is 16.3. The molecule has 0 fully saturated rings. The van der Waals surface area contributed by atoms with Gasteiger partial charge in [0.2, 0.25) is 0 Å². The molecule has 0 aliphatic heterocycles. The fourth-order valence-electron chi connectivity index (χ4n) is 2.89. The van der Waals surface area contributed by atoms with Gasteiger partial charge in [-0.3, -0.25) is 0 Å². The van der Waals surface area contributed by atoms with Gasteiger partial charge in [-0.2, -0.15) is 0 Å². The normalized spacial score (nSPS) is 13.0. The van der Waals surface area contributed by atoms with Crippen molar-refractivity contribution in [1.82, 2.24) is 4.90 Å². The van der Waals surface area contributed by atoms with Crippen LogP contribution in [-0.2, 0) is 0 Å². The van der Waals surface area contributed by atoms with Crippen LogP contribution in [0.25, 0.3) is 0 Å². The molecule has 0 rings (SSSR count). The van der Waals surface area contributed by atoms with E-state index in [0.717, 1.165) is 6.04 Å². The highest BCUT2D eigenvalue weighted by atomic mass is 15.1. The molecule has 0 aromatic carbocycles. The van der Waals surface area contributed by atoms with Crippen molar-refractivity contribution in [2.45, 2.75) is 116 Å². The molecular formula is C20H43N. The van der Waals surface area contributed by atoms with Gasteiger partial charge in [-0.05, 0) is 27.4 Å². The molecule has 0 amide bonds. The maximum Gasteiger partial charge on any atom is 0.00608 e. The lowest BCUT2D eigenvalue weighted by molar-refractivity contribution is 0.291. The number of hydrogen-bond donors (Lipinski definition) is 0. The molecule has 0 aromatic heterocycles. The zero-order chi connectivity index (χ0) is 15.8. The first kappa shape index (κ1) is 21.0.